The Morgan fingerprint density at radius 3 is 1.91 bits per heavy atom. The Hall–Kier alpha value is -1.70. The largest absolute Gasteiger partial charge is 0.756 e. The van der Waals surface area contributed by atoms with Gasteiger partial charge in [-0.3, -0.25) is 18.9 Å². The number of hydrogen-bond donors (Lipinski definition) is 3. The molecule has 334 valence electrons. The highest BCUT2D eigenvalue weighted by molar-refractivity contribution is 7.45. The van der Waals surface area contributed by atoms with Crippen molar-refractivity contribution >= 4 is 25.5 Å². The third-order valence-corrected chi connectivity index (χ3v) is 11.5. The molecular weight excluding hydrogens is 753 g/mol. The van der Waals surface area contributed by atoms with Crippen molar-refractivity contribution in [2.45, 2.75) is 186 Å². The van der Waals surface area contributed by atoms with Crippen LogP contribution in [0.5, 0.6) is 0 Å². The molecule has 7 atom stereocenters. The highest BCUT2D eigenvalue weighted by Gasteiger charge is 2.41. The van der Waals surface area contributed by atoms with Crippen molar-refractivity contribution in [1.82, 2.24) is 0 Å². The zero-order valence-electron chi connectivity index (χ0n) is 36.1. The molecule has 0 aliphatic heterocycles. The molecule has 0 aromatic heterocycles. The van der Waals surface area contributed by atoms with Crippen molar-refractivity contribution in [1.29, 1.82) is 0 Å². The number of carbonyl (C=O) groups is 3. The number of ether oxygens (including phenoxy) is 2. The third kappa shape index (κ3) is 28.4. The highest BCUT2D eigenvalue weighted by Crippen LogP contribution is 2.39. The van der Waals surface area contributed by atoms with Gasteiger partial charge in [-0.15, -0.1) is 0 Å². The smallest absolute Gasteiger partial charge is 0.306 e. The van der Waals surface area contributed by atoms with Gasteiger partial charge in [0.05, 0.1) is 46.1 Å². The number of phosphoric acid groups is 1. The third-order valence-electron chi connectivity index (χ3n) is 10.5. The van der Waals surface area contributed by atoms with Crippen LogP contribution in [-0.4, -0.2) is 109 Å². The molecule has 0 amide bonds. The fourth-order valence-electron chi connectivity index (χ4n) is 6.94. The van der Waals surface area contributed by atoms with Crippen LogP contribution in [0.15, 0.2) is 12.2 Å². The van der Waals surface area contributed by atoms with Crippen LogP contribution in [0, 0.1) is 11.8 Å². The molecule has 0 spiro atoms. The average Bonchev–Trinajstić information content (AvgIpc) is 3.40. The zero-order chi connectivity index (χ0) is 42.5. The number of nitrogens with zero attached hydrogens (tertiary/aromatic N) is 1. The fourth-order valence-corrected chi connectivity index (χ4v) is 7.67. The number of quaternary nitrogens is 1. The number of carbonyl (C=O) groups excluding carboxylic acids is 3. The standard InChI is InChI=1S/C43H80NO12P/c1-6-8-10-11-12-13-14-15-16-17-18-20-25-42(49)53-33-37(34-55-57(51,52)54-30-29-44(3,4)5)56-43(50)26-22-21-24-36(46)31-39-38(40(47)32-41(39)48)28-27-35(45)23-19-9-7-2/h27-28,35,37-41,45,47-48H,6-26,29-34H2,1-5H3/b28-27+/t35-,37+,38+,39+,40+,41-/m0/s1. The van der Waals surface area contributed by atoms with E-state index >= 15 is 0 Å². The summed E-state index contributed by atoms with van der Waals surface area (Å²) < 4.78 is 33.7. The first-order valence-electron chi connectivity index (χ1n) is 22.1. The number of aliphatic hydroxyl groups is 3. The molecule has 14 heteroatoms. The Bertz CT molecular complexity index is 1160. The van der Waals surface area contributed by atoms with E-state index in [2.05, 4.69) is 13.8 Å². The molecule has 13 nitrogen and oxygen atoms in total. The Balaban J connectivity index is 2.55. The van der Waals surface area contributed by atoms with E-state index in [0.717, 1.165) is 38.5 Å². The molecule has 1 aliphatic rings. The van der Waals surface area contributed by atoms with Gasteiger partial charge >= 0.3 is 11.9 Å². The average molecular weight is 834 g/mol. The molecule has 1 aliphatic carbocycles. The Labute approximate surface area is 344 Å². The predicted molar refractivity (Wildman–Crippen MR) is 220 cm³/mol. The lowest BCUT2D eigenvalue weighted by Crippen LogP contribution is -2.37. The van der Waals surface area contributed by atoms with Crippen LogP contribution in [-0.2, 0) is 37.5 Å². The fraction of sp³-hybridized carbons (Fsp3) is 0.884. The molecular formula is C43H80NO12P. The highest BCUT2D eigenvalue weighted by atomic mass is 31.2. The summed E-state index contributed by atoms with van der Waals surface area (Å²) in [5, 5.41) is 31.3. The molecule has 0 aromatic rings. The Kier molecular flexibility index (Phi) is 29.2. The molecule has 0 heterocycles. The Morgan fingerprint density at radius 2 is 1.30 bits per heavy atom. The molecule has 0 saturated heterocycles. The second-order valence-corrected chi connectivity index (χ2v) is 18.4. The molecule has 57 heavy (non-hydrogen) atoms. The van der Waals surface area contributed by atoms with Crippen LogP contribution in [0.1, 0.15) is 162 Å². The summed E-state index contributed by atoms with van der Waals surface area (Å²) in [7, 11) is 0.943. The minimum Gasteiger partial charge on any atom is -0.756 e. The van der Waals surface area contributed by atoms with Crippen LogP contribution >= 0.6 is 7.82 Å². The van der Waals surface area contributed by atoms with Gasteiger partial charge in [-0.2, -0.15) is 0 Å². The lowest BCUT2D eigenvalue weighted by atomic mass is 9.87. The van der Waals surface area contributed by atoms with Gasteiger partial charge in [-0.05, 0) is 25.7 Å². The summed E-state index contributed by atoms with van der Waals surface area (Å²) in [6, 6.07) is 0. The van der Waals surface area contributed by atoms with E-state index in [1.165, 1.54) is 51.4 Å². The normalized spacial score (nSPS) is 20.7. The van der Waals surface area contributed by atoms with Crippen LogP contribution < -0.4 is 4.89 Å². The number of phosphoric ester groups is 1. The van der Waals surface area contributed by atoms with E-state index < -0.39 is 62.6 Å². The van der Waals surface area contributed by atoms with Gasteiger partial charge in [0.25, 0.3) is 7.82 Å². The summed E-state index contributed by atoms with van der Waals surface area (Å²) in [6.07, 6.45) is 18.7. The van der Waals surface area contributed by atoms with Crippen molar-refractivity contribution in [3.8, 4) is 0 Å². The van der Waals surface area contributed by atoms with Gasteiger partial charge in [-0.25, -0.2) is 0 Å². The number of Topliss-reactive ketones (excluding diaryl/α,β-unsaturated/α-hetero) is 1. The molecule has 0 radical (unpaired) electrons. The topological polar surface area (TPSA) is 189 Å². The summed E-state index contributed by atoms with van der Waals surface area (Å²) in [6.45, 7) is 3.67. The van der Waals surface area contributed by atoms with E-state index in [1.54, 1.807) is 12.2 Å². The first-order chi connectivity index (χ1) is 27.1. The van der Waals surface area contributed by atoms with E-state index in [1.807, 2.05) is 21.1 Å². The molecule has 3 N–H and O–H groups in total. The predicted octanol–water partition coefficient (Wildman–Crippen LogP) is 7.12. The zero-order valence-corrected chi connectivity index (χ0v) is 37.0. The van der Waals surface area contributed by atoms with Crippen molar-refractivity contribution in [2.75, 3.05) is 47.5 Å². The lowest BCUT2D eigenvalue weighted by Gasteiger charge is -2.28. The first kappa shape index (κ1) is 53.3. The number of esters is 2. The van der Waals surface area contributed by atoms with E-state index in [9.17, 15) is 39.2 Å². The Morgan fingerprint density at radius 1 is 0.754 bits per heavy atom. The quantitative estimate of drug-likeness (QED) is 0.0191. The number of ketones is 1. The molecule has 1 saturated carbocycles. The van der Waals surface area contributed by atoms with Crippen LogP contribution in [0.25, 0.3) is 0 Å². The van der Waals surface area contributed by atoms with E-state index in [0.29, 0.717) is 36.7 Å². The SMILES string of the molecule is CCCCCCCCCCCCCCC(=O)OC[C@H](COP(=O)([O-])OCC[N+](C)(C)C)OC(=O)CCCCC(=O)C[C@@H]1[C@@H](/C=C/[C@@H](O)CCCCC)[C@H](O)C[C@@H]1O. The van der Waals surface area contributed by atoms with Crippen molar-refractivity contribution in [3.63, 3.8) is 0 Å². The summed E-state index contributed by atoms with van der Waals surface area (Å²) in [5.74, 6) is -2.13. The van der Waals surface area contributed by atoms with E-state index in [-0.39, 0.29) is 51.1 Å². The summed E-state index contributed by atoms with van der Waals surface area (Å²) >= 11 is 0. The maximum Gasteiger partial charge on any atom is 0.306 e. The van der Waals surface area contributed by atoms with Crippen molar-refractivity contribution in [3.05, 3.63) is 12.2 Å². The second kappa shape index (κ2) is 31.2. The second-order valence-electron chi connectivity index (χ2n) is 17.0. The maximum absolute atomic E-state index is 12.9. The summed E-state index contributed by atoms with van der Waals surface area (Å²) in [4.78, 5) is 50.6. The van der Waals surface area contributed by atoms with Gasteiger partial charge in [0.15, 0.2) is 6.10 Å². The van der Waals surface area contributed by atoms with Gasteiger partial charge in [-0.1, -0.05) is 116 Å². The molecule has 1 fully saturated rings. The van der Waals surface area contributed by atoms with Gasteiger partial charge in [0.1, 0.15) is 25.5 Å². The number of likely N-dealkylation sites (N-methyl/N-ethyl adjacent to an activating group) is 1. The van der Waals surface area contributed by atoms with E-state index in [4.69, 9.17) is 18.5 Å². The van der Waals surface area contributed by atoms with Crippen molar-refractivity contribution < 1.29 is 62.2 Å². The lowest BCUT2D eigenvalue weighted by molar-refractivity contribution is -0.870. The number of aliphatic hydroxyl groups excluding tert-OH is 3. The molecule has 1 unspecified atom stereocenters. The monoisotopic (exact) mass is 834 g/mol. The van der Waals surface area contributed by atoms with Crippen LogP contribution in [0.2, 0.25) is 0 Å². The molecule has 0 aromatic carbocycles. The minimum absolute atomic E-state index is 0.0579. The first-order valence-corrected chi connectivity index (χ1v) is 23.5. The van der Waals surface area contributed by atoms with Gasteiger partial charge in [0, 0.05) is 43.9 Å². The van der Waals surface area contributed by atoms with Gasteiger partial charge in [0.2, 0.25) is 0 Å². The molecule has 0 bridgehead atoms. The van der Waals surface area contributed by atoms with Gasteiger partial charge < -0.3 is 43.2 Å². The summed E-state index contributed by atoms with van der Waals surface area (Å²) in [5.41, 5.74) is 0. The number of rotatable bonds is 36. The van der Waals surface area contributed by atoms with Crippen molar-refractivity contribution in [2.24, 2.45) is 11.8 Å². The minimum atomic E-state index is -4.72. The number of unbranched alkanes of at least 4 members (excludes halogenated alkanes) is 14. The van der Waals surface area contributed by atoms with Crippen LogP contribution in [0.4, 0.5) is 0 Å². The maximum atomic E-state index is 12.9. The number of hydrogen-bond acceptors (Lipinski definition) is 12. The molecule has 1 rings (SSSR count). The van der Waals surface area contributed by atoms with Crippen LogP contribution in [0.3, 0.4) is 0 Å².